The van der Waals surface area contributed by atoms with Gasteiger partial charge >= 0.3 is 6.09 Å². The Morgan fingerprint density at radius 2 is 1.33 bits per heavy atom. The first kappa shape index (κ1) is 31.8. The van der Waals surface area contributed by atoms with E-state index in [1.165, 1.54) is 5.56 Å². The normalized spacial score (nSPS) is 12.7. The van der Waals surface area contributed by atoms with Crippen LogP contribution in [0.4, 0.5) is 4.79 Å². The number of rotatable bonds is 16. The van der Waals surface area contributed by atoms with Gasteiger partial charge in [-0.2, -0.15) is 0 Å². The molecule has 0 saturated carbocycles. The van der Waals surface area contributed by atoms with Crippen LogP contribution in [0.2, 0.25) is 0 Å². The van der Waals surface area contributed by atoms with Crippen LogP contribution in [0, 0.1) is 0 Å². The lowest BCUT2D eigenvalue weighted by atomic mass is 10.0. The van der Waals surface area contributed by atoms with Gasteiger partial charge in [-0.25, -0.2) is 4.79 Å². The lowest BCUT2D eigenvalue weighted by Gasteiger charge is -2.32. The smallest absolute Gasteiger partial charge is 0.407 e. The summed E-state index contributed by atoms with van der Waals surface area (Å²) in [6.45, 7) is 9.03. The number of aryl methyl sites for hydroxylation is 1. The molecular formula is C30H43N3O6. The summed E-state index contributed by atoms with van der Waals surface area (Å²) >= 11 is 0. The van der Waals surface area contributed by atoms with Crippen LogP contribution < -0.4 is 16.0 Å². The summed E-state index contributed by atoms with van der Waals surface area (Å²) in [6.07, 6.45) is 0.711. The standard InChI is InChI=1S/C30H43N3O6/c1-21(2)38-29(39-22(3)4)26(18-12-17-24-13-8-6-9-14-24)33-28(35)23(5)32-27(34)19-31-30(36)37-20-25-15-10-7-11-16-25/h6-11,13-16,21-23,26,29H,12,17-20H2,1-5H3,(H,31,36)(H,32,34)(H,33,35)/t23-,26?/m0/s1. The molecule has 0 bridgehead atoms. The van der Waals surface area contributed by atoms with Gasteiger partial charge in [0.15, 0.2) is 6.29 Å². The average Bonchev–Trinajstić information content (AvgIpc) is 2.90. The predicted octanol–water partition coefficient (Wildman–Crippen LogP) is 4.10. The summed E-state index contributed by atoms with van der Waals surface area (Å²) < 4.78 is 17.1. The second-order valence-corrected chi connectivity index (χ2v) is 9.94. The largest absolute Gasteiger partial charge is 0.445 e. The Kier molecular flexibility index (Phi) is 14.0. The topological polar surface area (TPSA) is 115 Å². The van der Waals surface area contributed by atoms with Crippen LogP contribution in [0.1, 0.15) is 58.6 Å². The maximum Gasteiger partial charge on any atom is 0.407 e. The number of hydrogen-bond acceptors (Lipinski definition) is 6. The highest BCUT2D eigenvalue weighted by Gasteiger charge is 2.28. The Morgan fingerprint density at radius 1 is 0.769 bits per heavy atom. The fourth-order valence-corrected chi connectivity index (χ4v) is 3.80. The molecule has 0 aliphatic carbocycles. The van der Waals surface area contributed by atoms with Gasteiger partial charge in [0.1, 0.15) is 19.2 Å². The van der Waals surface area contributed by atoms with Gasteiger partial charge < -0.3 is 30.2 Å². The zero-order valence-corrected chi connectivity index (χ0v) is 23.6. The number of nitrogens with one attached hydrogen (secondary N) is 3. The summed E-state index contributed by atoms with van der Waals surface area (Å²) in [5.74, 6) is -0.882. The minimum Gasteiger partial charge on any atom is -0.445 e. The number of alkyl carbamates (subject to hydrolysis) is 1. The maximum atomic E-state index is 13.0. The molecule has 39 heavy (non-hydrogen) atoms. The predicted molar refractivity (Wildman–Crippen MR) is 150 cm³/mol. The summed E-state index contributed by atoms with van der Waals surface area (Å²) in [5.41, 5.74) is 2.05. The van der Waals surface area contributed by atoms with Gasteiger partial charge in [0, 0.05) is 0 Å². The SMILES string of the molecule is CC(C)OC(OC(C)C)C(CCCc1ccccc1)NC(=O)[C@H](C)NC(=O)CNC(=O)OCc1ccccc1. The Balaban J connectivity index is 1.89. The van der Waals surface area contributed by atoms with Gasteiger partial charge in [0.05, 0.1) is 18.2 Å². The minimum absolute atomic E-state index is 0.0941. The molecule has 9 nitrogen and oxygen atoms in total. The molecular weight excluding hydrogens is 498 g/mol. The van der Waals surface area contributed by atoms with Crippen LogP contribution in [0.3, 0.4) is 0 Å². The van der Waals surface area contributed by atoms with Crippen molar-refractivity contribution >= 4 is 17.9 Å². The van der Waals surface area contributed by atoms with Crippen molar-refractivity contribution in [2.24, 2.45) is 0 Å². The highest BCUT2D eigenvalue weighted by molar-refractivity contribution is 5.89. The molecule has 0 aromatic heterocycles. The van der Waals surface area contributed by atoms with Crippen LogP contribution in [0.25, 0.3) is 0 Å². The minimum atomic E-state index is -0.838. The molecule has 2 aromatic rings. The molecule has 2 aromatic carbocycles. The quantitative estimate of drug-likeness (QED) is 0.276. The van der Waals surface area contributed by atoms with Gasteiger partial charge in [-0.15, -0.1) is 0 Å². The Morgan fingerprint density at radius 3 is 1.90 bits per heavy atom. The third-order valence-electron chi connectivity index (χ3n) is 5.67. The Hall–Kier alpha value is -3.43. The molecule has 3 N–H and O–H groups in total. The monoisotopic (exact) mass is 541 g/mol. The molecule has 9 heteroatoms. The fraction of sp³-hybridized carbons (Fsp3) is 0.500. The number of carbonyl (C=O) groups is 3. The van der Waals surface area contributed by atoms with Crippen molar-refractivity contribution in [3.63, 3.8) is 0 Å². The molecule has 0 aliphatic rings. The lowest BCUT2D eigenvalue weighted by molar-refractivity contribution is -0.197. The number of ether oxygens (including phenoxy) is 3. The third kappa shape index (κ3) is 13.3. The first-order chi connectivity index (χ1) is 18.6. The lowest BCUT2D eigenvalue weighted by Crippen LogP contribution is -2.54. The molecule has 0 heterocycles. The molecule has 1 unspecified atom stereocenters. The van der Waals surface area contributed by atoms with Gasteiger partial charge in [0.2, 0.25) is 11.8 Å². The van der Waals surface area contributed by atoms with E-state index in [1.807, 2.05) is 76.2 Å². The second kappa shape index (κ2) is 17.2. The molecule has 0 spiro atoms. The van der Waals surface area contributed by atoms with Crippen LogP contribution in [-0.4, -0.2) is 55.0 Å². The number of hydrogen-bond donors (Lipinski definition) is 3. The zero-order valence-electron chi connectivity index (χ0n) is 23.6. The fourth-order valence-electron chi connectivity index (χ4n) is 3.80. The Labute approximate surface area is 232 Å². The van der Waals surface area contributed by atoms with Gasteiger partial charge in [-0.05, 0) is 65.0 Å². The molecule has 0 radical (unpaired) electrons. The van der Waals surface area contributed by atoms with Crippen molar-refractivity contribution in [3.8, 4) is 0 Å². The van der Waals surface area contributed by atoms with Crippen molar-refractivity contribution < 1.29 is 28.6 Å². The van der Waals surface area contributed by atoms with E-state index in [-0.39, 0.29) is 31.3 Å². The van der Waals surface area contributed by atoms with E-state index in [9.17, 15) is 14.4 Å². The molecule has 0 aliphatic heterocycles. The van der Waals surface area contributed by atoms with Crippen LogP contribution >= 0.6 is 0 Å². The van der Waals surface area contributed by atoms with E-state index in [0.29, 0.717) is 6.42 Å². The third-order valence-corrected chi connectivity index (χ3v) is 5.67. The van der Waals surface area contributed by atoms with Crippen LogP contribution in [-0.2, 0) is 36.8 Å². The molecule has 0 saturated heterocycles. The van der Waals surface area contributed by atoms with E-state index in [1.54, 1.807) is 6.92 Å². The zero-order chi connectivity index (χ0) is 28.6. The van der Waals surface area contributed by atoms with Crippen molar-refractivity contribution in [2.75, 3.05) is 6.54 Å². The summed E-state index contributed by atoms with van der Waals surface area (Å²) in [4.78, 5) is 37.3. The van der Waals surface area contributed by atoms with Gasteiger partial charge in [0.25, 0.3) is 0 Å². The van der Waals surface area contributed by atoms with Crippen LogP contribution in [0.15, 0.2) is 60.7 Å². The van der Waals surface area contributed by atoms with E-state index >= 15 is 0 Å². The summed E-state index contributed by atoms with van der Waals surface area (Å²) in [5, 5.41) is 8.02. The summed E-state index contributed by atoms with van der Waals surface area (Å²) in [6, 6.07) is 18.1. The first-order valence-corrected chi connectivity index (χ1v) is 13.5. The van der Waals surface area contributed by atoms with E-state index in [2.05, 4.69) is 28.1 Å². The van der Waals surface area contributed by atoms with E-state index in [4.69, 9.17) is 14.2 Å². The summed E-state index contributed by atoms with van der Waals surface area (Å²) in [7, 11) is 0. The number of carbonyl (C=O) groups excluding carboxylic acids is 3. The van der Waals surface area contributed by atoms with Crippen LogP contribution in [0.5, 0.6) is 0 Å². The van der Waals surface area contributed by atoms with Crippen molar-refractivity contribution in [3.05, 3.63) is 71.8 Å². The van der Waals surface area contributed by atoms with Gasteiger partial charge in [-0.3, -0.25) is 9.59 Å². The number of benzene rings is 2. The highest BCUT2D eigenvalue weighted by atomic mass is 16.7. The average molecular weight is 542 g/mol. The number of amides is 3. The van der Waals surface area contributed by atoms with Gasteiger partial charge in [-0.1, -0.05) is 60.7 Å². The molecule has 0 fully saturated rings. The highest BCUT2D eigenvalue weighted by Crippen LogP contribution is 2.15. The molecule has 2 rings (SSSR count). The van der Waals surface area contributed by atoms with Crippen molar-refractivity contribution in [1.29, 1.82) is 0 Å². The van der Waals surface area contributed by atoms with Crippen molar-refractivity contribution in [2.45, 2.75) is 91.1 Å². The van der Waals surface area contributed by atoms with E-state index in [0.717, 1.165) is 18.4 Å². The van der Waals surface area contributed by atoms with E-state index < -0.39 is 30.4 Å². The molecule has 3 amide bonds. The van der Waals surface area contributed by atoms with Crippen molar-refractivity contribution in [1.82, 2.24) is 16.0 Å². The second-order valence-electron chi connectivity index (χ2n) is 9.94. The molecule has 2 atom stereocenters. The first-order valence-electron chi connectivity index (χ1n) is 13.5. The molecule has 214 valence electrons. The maximum absolute atomic E-state index is 13.0. The Bertz CT molecular complexity index is 990.